The monoisotopic (exact) mass is 607 g/mol. The van der Waals surface area contributed by atoms with Gasteiger partial charge in [-0.1, -0.05) is 0 Å². The highest BCUT2D eigenvalue weighted by Crippen LogP contribution is 2.69. The van der Waals surface area contributed by atoms with Crippen LogP contribution in [0.1, 0.15) is 65.2 Å². The van der Waals surface area contributed by atoms with Crippen LogP contribution in [0.25, 0.3) is 0 Å². The zero-order valence-electron chi connectivity index (χ0n) is 25.0. The molecule has 1 aromatic heterocycles. The summed E-state index contributed by atoms with van der Waals surface area (Å²) in [6.07, 6.45) is -5.70. The molecule has 2 bridgehead atoms. The molecule has 236 valence electrons. The Kier molecular flexibility index (Phi) is 8.37. The van der Waals surface area contributed by atoms with E-state index < -0.39 is 95.1 Å². The Hall–Kier alpha value is -3.62. The van der Waals surface area contributed by atoms with Crippen molar-refractivity contribution in [1.29, 1.82) is 0 Å². The summed E-state index contributed by atoms with van der Waals surface area (Å²) in [5.74, 6) is -5.02. The van der Waals surface area contributed by atoms with E-state index in [-0.39, 0.29) is 12.0 Å². The Morgan fingerprint density at radius 2 is 1.53 bits per heavy atom. The molecule has 2 heterocycles. The molecule has 2 saturated carbocycles. The van der Waals surface area contributed by atoms with Crippen molar-refractivity contribution in [2.75, 3.05) is 6.61 Å². The summed E-state index contributed by atoms with van der Waals surface area (Å²) >= 11 is 0. The van der Waals surface area contributed by atoms with E-state index in [1.54, 1.807) is 13.8 Å². The van der Waals surface area contributed by atoms with Gasteiger partial charge in [-0.15, -0.1) is 0 Å². The van der Waals surface area contributed by atoms with E-state index in [4.69, 9.17) is 28.4 Å². The van der Waals surface area contributed by atoms with Crippen LogP contribution in [0.15, 0.2) is 24.5 Å². The number of aliphatic hydroxyl groups is 2. The molecule has 3 fully saturated rings. The SMILES string of the molecule is CC(=O)OC[C@]12[C@H](OC(C)=O)[C@H](OC(C)=O)[C@@H](O)[C@@](C)(O)[C@@]13OC(C)(C)[C@@H](C[C@H]2OC(=O)c1cccnc1)[C@@H]3OC(C)=O. The van der Waals surface area contributed by atoms with Crippen LogP contribution in [0.5, 0.6) is 0 Å². The second-order valence-corrected chi connectivity index (χ2v) is 12.0. The molecule has 9 atom stereocenters. The Morgan fingerprint density at radius 1 is 0.930 bits per heavy atom. The summed E-state index contributed by atoms with van der Waals surface area (Å²) in [7, 11) is 0. The molecule has 0 aromatic carbocycles. The fourth-order valence-corrected chi connectivity index (χ4v) is 7.25. The molecule has 1 aromatic rings. The minimum atomic E-state index is -2.48. The van der Waals surface area contributed by atoms with Crippen LogP contribution < -0.4 is 0 Å². The van der Waals surface area contributed by atoms with Crippen molar-refractivity contribution in [3.8, 4) is 0 Å². The summed E-state index contributed by atoms with van der Waals surface area (Å²) in [4.78, 5) is 67.3. The van der Waals surface area contributed by atoms with Crippen LogP contribution in [-0.4, -0.2) is 99.0 Å². The third-order valence-electron chi connectivity index (χ3n) is 8.81. The number of nitrogens with zero attached hydrogens (tertiary/aromatic N) is 1. The van der Waals surface area contributed by atoms with Crippen LogP contribution in [0.3, 0.4) is 0 Å². The molecule has 1 saturated heterocycles. The number of rotatable bonds is 7. The quantitative estimate of drug-likeness (QED) is 0.324. The largest absolute Gasteiger partial charge is 0.465 e. The van der Waals surface area contributed by atoms with Gasteiger partial charge in [0.1, 0.15) is 35.9 Å². The van der Waals surface area contributed by atoms with Crippen molar-refractivity contribution >= 4 is 29.8 Å². The molecule has 0 amide bonds. The van der Waals surface area contributed by atoms with Crippen LogP contribution in [0.4, 0.5) is 0 Å². The Morgan fingerprint density at radius 3 is 2.07 bits per heavy atom. The van der Waals surface area contributed by atoms with Gasteiger partial charge in [0.25, 0.3) is 0 Å². The van der Waals surface area contributed by atoms with Gasteiger partial charge in [-0.2, -0.15) is 0 Å². The molecule has 43 heavy (non-hydrogen) atoms. The van der Waals surface area contributed by atoms with E-state index in [0.717, 1.165) is 27.7 Å². The molecule has 1 spiro atoms. The zero-order chi connectivity index (χ0) is 32.1. The van der Waals surface area contributed by atoms with E-state index in [1.165, 1.54) is 31.5 Å². The van der Waals surface area contributed by atoms with Crippen molar-refractivity contribution in [3.05, 3.63) is 30.1 Å². The van der Waals surface area contributed by atoms with Crippen LogP contribution >= 0.6 is 0 Å². The third-order valence-corrected chi connectivity index (χ3v) is 8.81. The average molecular weight is 608 g/mol. The smallest absolute Gasteiger partial charge is 0.340 e. The maximum absolute atomic E-state index is 13.5. The lowest BCUT2D eigenvalue weighted by molar-refractivity contribution is -0.378. The molecule has 14 nitrogen and oxygen atoms in total. The first-order chi connectivity index (χ1) is 19.9. The minimum Gasteiger partial charge on any atom is -0.465 e. The number of pyridine rings is 1. The standard InChI is InChI=1S/C29H37NO13/c1-14(31)38-13-28-20(42-25(36)18-9-8-10-30-12-18)11-19-23(40-16(3)33)29(28,43-26(19,5)6)27(7,37)22(35)21(39-15(2)32)24(28)41-17(4)34/h8-10,12,19-24,35,37H,11,13H2,1-7H3/t19-,20+,21+,22+,23-,24+,27+,28-,29+/m0/s1. The molecule has 14 heteroatoms. The predicted octanol–water partition coefficient (Wildman–Crippen LogP) is 0.645. The summed E-state index contributed by atoms with van der Waals surface area (Å²) in [5, 5.41) is 24.1. The Balaban J connectivity index is 2.10. The highest BCUT2D eigenvalue weighted by molar-refractivity contribution is 5.89. The first kappa shape index (κ1) is 32.3. The Labute approximate surface area is 247 Å². The topological polar surface area (TPSA) is 194 Å². The lowest BCUT2D eigenvalue weighted by Crippen LogP contribution is -2.87. The number of carbonyl (C=O) groups excluding carboxylic acids is 5. The molecular weight excluding hydrogens is 570 g/mol. The molecular formula is C29H37NO13. The summed E-state index contributed by atoms with van der Waals surface area (Å²) in [6, 6.07) is 2.97. The van der Waals surface area contributed by atoms with Crippen LogP contribution in [-0.2, 0) is 47.6 Å². The minimum absolute atomic E-state index is 0.0528. The summed E-state index contributed by atoms with van der Waals surface area (Å²) in [5.41, 5.74) is -8.05. The number of aliphatic hydroxyl groups excluding tert-OH is 1. The molecule has 2 N–H and O–H groups in total. The lowest BCUT2D eigenvalue weighted by atomic mass is 9.45. The summed E-state index contributed by atoms with van der Waals surface area (Å²) < 4.78 is 35.3. The van der Waals surface area contributed by atoms with E-state index in [0.29, 0.717) is 0 Å². The molecule has 0 radical (unpaired) electrons. The van der Waals surface area contributed by atoms with Gasteiger partial charge in [-0.3, -0.25) is 24.2 Å². The van der Waals surface area contributed by atoms with E-state index in [2.05, 4.69) is 4.98 Å². The van der Waals surface area contributed by atoms with Crippen molar-refractivity contribution in [1.82, 2.24) is 4.98 Å². The lowest BCUT2D eigenvalue weighted by Gasteiger charge is -2.66. The van der Waals surface area contributed by atoms with Gasteiger partial charge in [-0.05, 0) is 39.3 Å². The number of hydrogen-bond donors (Lipinski definition) is 2. The third kappa shape index (κ3) is 5.04. The van der Waals surface area contributed by atoms with Gasteiger partial charge in [0.05, 0.1) is 11.2 Å². The maximum Gasteiger partial charge on any atom is 0.340 e. The number of hydrogen-bond acceptors (Lipinski definition) is 14. The zero-order valence-corrected chi connectivity index (χ0v) is 25.0. The number of aromatic nitrogens is 1. The van der Waals surface area contributed by atoms with Gasteiger partial charge >= 0.3 is 29.8 Å². The van der Waals surface area contributed by atoms with Gasteiger partial charge < -0.3 is 38.6 Å². The second-order valence-electron chi connectivity index (χ2n) is 12.0. The van der Waals surface area contributed by atoms with Crippen molar-refractivity contribution in [2.24, 2.45) is 11.3 Å². The Bertz CT molecular complexity index is 1300. The highest BCUT2D eigenvalue weighted by Gasteiger charge is 2.88. The molecule has 3 aliphatic rings. The maximum atomic E-state index is 13.5. The van der Waals surface area contributed by atoms with Crippen molar-refractivity contribution in [3.63, 3.8) is 0 Å². The van der Waals surface area contributed by atoms with Crippen molar-refractivity contribution < 1.29 is 62.6 Å². The summed E-state index contributed by atoms with van der Waals surface area (Å²) in [6.45, 7) is 8.11. The fraction of sp³-hybridized carbons (Fsp3) is 0.655. The van der Waals surface area contributed by atoms with Gasteiger partial charge in [-0.25, -0.2) is 4.79 Å². The van der Waals surface area contributed by atoms with Gasteiger partial charge in [0.2, 0.25) is 0 Å². The first-order valence-electron chi connectivity index (χ1n) is 13.8. The number of fused-ring (bicyclic) bond motifs is 1. The van der Waals surface area contributed by atoms with E-state index >= 15 is 0 Å². The molecule has 4 rings (SSSR count). The molecule has 0 unspecified atom stereocenters. The normalized spacial score (nSPS) is 37.3. The number of esters is 5. The predicted molar refractivity (Wildman–Crippen MR) is 142 cm³/mol. The van der Waals surface area contributed by atoms with Crippen LogP contribution in [0, 0.1) is 11.3 Å². The molecule has 2 aliphatic carbocycles. The average Bonchev–Trinajstić information content (AvgIpc) is 3.06. The van der Waals surface area contributed by atoms with Gasteiger partial charge in [0, 0.05) is 46.0 Å². The van der Waals surface area contributed by atoms with Gasteiger partial charge in [0.15, 0.2) is 17.8 Å². The molecule has 1 aliphatic heterocycles. The number of carbonyl (C=O) groups is 5. The second kappa shape index (κ2) is 11.1. The first-order valence-corrected chi connectivity index (χ1v) is 13.8. The fourth-order valence-electron chi connectivity index (χ4n) is 7.25. The number of ether oxygens (including phenoxy) is 6. The van der Waals surface area contributed by atoms with E-state index in [1.807, 2.05) is 0 Å². The van der Waals surface area contributed by atoms with Crippen LogP contribution in [0.2, 0.25) is 0 Å². The van der Waals surface area contributed by atoms with Crippen molar-refractivity contribution in [2.45, 2.75) is 102 Å². The highest BCUT2D eigenvalue weighted by atomic mass is 16.6. The van der Waals surface area contributed by atoms with E-state index in [9.17, 15) is 34.2 Å².